The lowest BCUT2D eigenvalue weighted by Gasteiger charge is -2.11. The minimum atomic E-state index is -0.600. The first kappa shape index (κ1) is 28.4. The van der Waals surface area contributed by atoms with Crippen molar-refractivity contribution in [2.24, 2.45) is 0 Å². The first-order chi connectivity index (χ1) is 19.3. The van der Waals surface area contributed by atoms with Gasteiger partial charge in [-0.25, -0.2) is 0 Å². The maximum atomic E-state index is 12.9. The molecule has 0 aromatic heterocycles. The molecule has 0 atom stereocenters. The molecule has 0 aliphatic heterocycles. The van der Waals surface area contributed by atoms with Gasteiger partial charge in [0.1, 0.15) is 36.4 Å². The maximum Gasteiger partial charge on any atom is 0.269 e. The number of benzene rings is 4. The maximum absolute atomic E-state index is 12.9. The summed E-state index contributed by atoms with van der Waals surface area (Å²) in [5, 5.41) is 24.1. The number of nitro groups is 1. The van der Waals surface area contributed by atoms with Crippen LogP contribution in [-0.4, -0.2) is 10.8 Å². The van der Waals surface area contributed by atoms with Crippen LogP contribution in [0, 0.1) is 21.4 Å². The SMILES string of the molecule is N#C/C(=C\c1cc(Br)ccc1OCc1cccc([N+](=O)[O-])c1)C(=O)Nc1ccc(OCc2ccccc2Cl)cc1. The summed E-state index contributed by atoms with van der Waals surface area (Å²) in [6, 6.07) is 27.3. The lowest BCUT2D eigenvalue weighted by atomic mass is 10.1. The molecule has 4 rings (SSSR count). The second-order valence-electron chi connectivity index (χ2n) is 8.43. The van der Waals surface area contributed by atoms with Gasteiger partial charge in [0.25, 0.3) is 11.6 Å². The summed E-state index contributed by atoms with van der Waals surface area (Å²) in [4.78, 5) is 23.5. The van der Waals surface area contributed by atoms with Crippen molar-refractivity contribution in [2.75, 3.05) is 5.32 Å². The zero-order valence-electron chi connectivity index (χ0n) is 20.8. The fourth-order valence-corrected chi connectivity index (χ4v) is 4.17. The minimum absolute atomic E-state index is 0.0411. The molecule has 40 heavy (non-hydrogen) atoms. The number of carbonyl (C=O) groups excluding carboxylic acids is 1. The van der Waals surface area contributed by atoms with E-state index in [0.29, 0.717) is 44.4 Å². The molecule has 0 spiro atoms. The number of rotatable bonds is 10. The van der Waals surface area contributed by atoms with Crippen LogP contribution in [-0.2, 0) is 18.0 Å². The molecule has 0 fully saturated rings. The molecule has 0 heterocycles. The fourth-order valence-electron chi connectivity index (χ4n) is 3.60. The van der Waals surface area contributed by atoms with Gasteiger partial charge in [0.15, 0.2) is 0 Å². The third-order valence-corrected chi connectivity index (χ3v) is 6.48. The van der Waals surface area contributed by atoms with Gasteiger partial charge in [-0.2, -0.15) is 5.26 Å². The fraction of sp³-hybridized carbons (Fsp3) is 0.0667. The van der Waals surface area contributed by atoms with Crippen LogP contribution in [0.2, 0.25) is 5.02 Å². The molecule has 0 aliphatic rings. The van der Waals surface area contributed by atoms with Gasteiger partial charge in [0, 0.05) is 38.4 Å². The molecule has 200 valence electrons. The molecule has 0 radical (unpaired) electrons. The largest absolute Gasteiger partial charge is 0.489 e. The van der Waals surface area contributed by atoms with Crippen LogP contribution in [0.4, 0.5) is 11.4 Å². The van der Waals surface area contributed by atoms with Crippen LogP contribution < -0.4 is 14.8 Å². The molecule has 0 saturated carbocycles. The van der Waals surface area contributed by atoms with E-state index in [-0.39, 0.29) is 17.9 Å². The molecule has 4 aromatic rings. The number of nitro benzene ring substituents is 1. The third kappa shape index (κ3) is 7.69. The molecule has 0 unspecified atom stereocenters. The highest BCUT2D eigenvalue weighted by Gasteiger charge is 2.13. The van der Waals surface area contributed by atoms with Crippen molar-refractivity contribution >= 4 is 50.9 Å². The summed E-state index contributed by atoms with van der Waals surface area (Å²) in [5.41, 5.74) is 2.23. The average Bonchev–Trinajstić information content (AvgIpc) is 2.96. The number of hydrogen-bond donors (Lipinski definition) is 1. The van der Waals surface area contributed by atoms with Crippen LogP contribution in [0.15, 0.2) is 101 Å². The van der Waals surface area contributed by atoms with Crippen molar-refractivity contribution in [3.8, 4) is 17.6 Å². The Morgan fingerprint density at radius 1 is 1.00 bits per heavy atom. The monoisotopic (exact) mass is 617 g/mol. The van der Waals surface area contributed by atoms with Crippen molar-refractivity contribution in [2.45, 2.75) is 13.2 Å². The van der Waals surface area contributed by atoms with E-state index in [1.54, 1.807) is 60.7 Å². The number of nitrogens with one attached hydrogen (secondary N) is 1. The highest BCUT2D eigenvalue weighted by atomic mass is 79.9. The van der Waals surface area contributed by atoms with Gasteiger partial charge in [0.2, 0.25) is 0 Å². The number of nitriles is 1. The average molecular weight is 619 g/mol. The molecular weight excluding hydrogens is 598 g/mol. The van der Waals surface area contributed by atoms with Gasteiger partial charge >= 0.3 is 0 Å². The van der Waals surface area contributed by atoms with Gasteiger partial charge in [-0.15, -0.1) is 0 Å². The third-order valence-electron chi connectivity index (χ3n) is 5.62. The van der Waals surface area contributed by atoms with Crippen molar-refractivity contribution in [3.05, 3.63) is 133 Å². The molecule has 0 aliphatic carbocycles. The summed E-state index contributed by atoms with van der Waals surface area (Å²) in [6.45, 7) is 0.355. The molecule has 10 heteroatoms. The quantitative estimate of drug-likeness (QED) is 0.0842. The molecule has 4 aromatic carbocycles. The predicted octanol–water partition coefficient (Wildman–Crippen LogP) is 7.71. The van der Waals surface area contributed by atoms with Crippen molar-refractivity contribution in [1.82, 2.24) is 0 Å². The first-order valence-corrected chi connectivity index (χ1v) is 13.0. The number of hydrogen-bond acceptors (Lipinski definition) is 6. The highest BCUT2D eigenvalue weighted by molar-refractivity contribution is 9.10. The first-order valence-electron chi connectivity index (χ1n) is 11.9. The van der Waals surface area contributed by atoms with E-state index in [9.17, 15) is 20.2 Å². The van der Waals surface area contributed by atoms with Gasteiger partial charge in [-0.3, -0.25) is 14.9 Å². The summed E-state index contributed by atoms with van der Waals surface area (Å²) >= 11 is 9.56. The number of halogens is 2. The Balaban J connectivity index is 1.44. The number of nitrogens with zero attached hydrogens (tertiary/aromatic N) is 2. The Kier molecular flexibility index (Phi) is 9.52. The second kappa shape index (κ2) is 13.4. The Hall–Kier alpha value is -4.65. The zero-order valence-corrected chi connectivity index (χ0v) is 23.2. The molecule has 0 bridgehead atoms. The second-order valence-corrected chi connectivity index (χ2v) is 9.75. The minimum Gasteiger partial charge on any atom is -0.489 e. The van der Waals surface area contributed by atoms with Gasteiger partial charge < -0.3 is 14.8 Å². The standard InChI is InChI=1S/C30H21BrClN3O5/c31-24-8-13-29(40-18-20-4-3-6-26(14-20)35(37)38)22(16-24)15-23(17-33)30(36)34-25-9-11-27(12-10-25)39-19-21-5-1-2-7-28(21)32/h1-16H,18-19H2,(H,34,36)/b23-15+. The number of ether oxygens (including phenoxy) is 2. The van der Waals surface area contributed by atoms with Crippen LogP contribution in [0.1, 0.15) is 16.7 Å². The van der Waals surface area contributed by atoms with E-state index in [1.807, 2.05) is 24.3 Å². The van der Waals surface area contributed by atoms with Crippen LogP contribution >= 0.6 is 27.5 Å². The topological polar surface area (TPSA) is 114 Å². The van der Waals surface area contributed by atoms with Crippen molar-refractivity contribution < 1.29 is 19.2 Å². The molecule has 0 saturated heterocycles. The van der Waals surface area contributed by atoms with Crippen molar-refractivity contribution in [1.29, 1.82) is 5.26 Å². The summed E-state index contributed by atoms with van der Waals surface area (Å²) in [6.07, 6.45) is 1.42. The number of carbonyl (C=O) groups is 1. The van der Waals surface area contributed by atoms with E-state index < -0.39 is 10.8 Å². The van der Waals surface area contributed by atoms with E-state index in [4.69, 9.17) is 21.1 Å². The Bertz CT molecular complexity index is 1620. The Morgan fingerprint density at radius 3 is 2.50 bits per heavy atom. The predicted molar refractivity (Wildman–Crippen MR) is 156 cm³/mol. The molecular formula is C30H21BrClN3O5. The number of anilines is 1. The van der Waals surface area contributed by atoms with Gasteiger partial charge in [-0.05, 0) is 60.2 Å². The highest BCUT2D eigenvalue weighted by Crippen LogP contribution is 2.27. The Morgan fingerprint density at radius 2 is 1.77 bits per heavy atom. The van der Waals surface area contributed by atoms with E-state index in [1.165, 1.54) is 18.2 Å². The smallest absolute Gasteiger partial charge is 0.269 e. The summed E-state index contributed by atoms with van der Waals surface area (Å²) < 4.78 is 12.4. The van der Waals surface area contributed by atoms with Crippen molar-refractivity contribution in [3.63, 3.8) is 0 Å². The van der Waals surface area contributed by atoms with E-state index in [0.717, 1.165) is 5.56 Å². The molecule has 1 amide bonds. The van der Waals surface area contributed by atoms with Crippen LogP contribution in [0.3, 0.4) is 0 Å². The lowest BCUT2D eigenvalue weighted by molar-refractivity contribution is -0.384. The molecule has 1 N–H and O–H groups in total. The number of amides is 1. The van der Waals surface area contributed by atoms with Crippen LogP contribution in [0.25, 0.3) is 6.08 Å². The van der Waals surface area contributed by atoms with E-state index in [2.05, 4.69) is 21.2 Å². The van der Waals surface area contributed by atoms with Gasteiger partial charge in [0.05, 0.1) is 4.92 Å². The normalized spacial score (nSPS) is 10.9. The van der Waals surface area contributed by atoms with Crippen LogP contribution in [0.5, 0.6) is 11.5 Å². The summed E-state index contributed by atoms with van der Waals surface area (Å²) in [7, 11) is 0. The zero-order chi connectivity index (χ0) is 28.5. The molecule has 8 nitrogen and oxygen atoms in total. The van der Waals surface area contributed by atoms with Gasteiger partial charge in [-0.1, -0.05) is 57.9 Å². The number of non-ortho nitro benzene ring substituents is 1. The summed E-state index contributed by atoms with van der Waals surface area (Å²) in [5.74, 6) is 0.390. The van der Waals surface area contributed by atoms with E-state index >= 15 is 0 Å². The Labute approximate surface area is 243 Å². The lowest BCUT2D eigenvalue weighted by Crippen LogP contribution is -2.13.